The molecule has 0 amide bonds. The first-order valence-electron chi connectivity index (χ1n) is 31.6. The van der Waals surface area contributed by atoms with Crippen molar-refractivity contribution in [1.29, 1.82) is 0 Å². The van der Waals surface area contributed by atoms with Crippen molar-refractivity contribution in [3.05, 3.63) is 130 Å². The van der Waals surface area contributed by atoms with E-state index in [-0.39, 0.29) is 39.5 Å². The number of aliphatic hydroxyl groups is 6. The third-order valence-electron chi connectivity index (χ3n) is 17.7. The van der Waals surface area contributed by atoms with Gasteiger partial charge in [0.05, 0.1) is 201 Å². The number of hydrogen-bond acceptors (Lipinski definition) is 18. The minimum atomic E-state index is -0.851. The molecule has 0 aliphatic heterocycles. The summed E-state index contributed by atoms with van der Waals surface area (Å²) in [7, 11) is 0. The topological polar surface area (TPSA) is 319 Å². The molecule has 0 aromatic carbocycles. The molecule has 27 heteroatoms. The molecule has 14 rings (SSSR count). The normalized spacial score (nSPS) is 17.7. The summed E-state index contributed by atoms with van der Waals surface area (Å²) in [6.45, 7) is 8.58. The van der Waals surface area contributed by atoms with Gasteiger partial charge in [0.1, 0.15) is 0 Å². The molecule has 2 aliphatic carbocycles. The van der Waals surface area contributed by atoms with Crippen LogP contribution in [-0.4, -0.2) is 171 Å². The SMILES string of the molecule is CCC(CC)n1cc(-c2nc(-c3cnn(C[C@@H](O)CO)c3)cn3nccc23)cn1.CC[C@@H]1CCC[C@@H]1n1cc(-c2nc(-c3cnn(C[C@@H](O)CO)c3)cn3nccc23)cn1.CC[C@H]1CCC[C@H]1n1cc(-c2nc(-c3cnn(C[C@@H](O)CO)c3)cn3nccc23)cn1. The molecule has 0 saturated heterocycles. The van der Waals surface area contributed by atoms with Gasteiger partial charge in [-0.25, -0.2) is 28.5 Å². The Bertz CT molecular complexity index is 4130. The number of nitrogens with zero attached hydrogens (tertiary/aromatic N) is 21. The minimum Gasteiger partial charge on any atom is -0.394 e. The zero-order valence-electron chi connectivity index (χ0n) is 51.6. The summed E-state index contributed by atoms with van der Waals surface area (Å²) in [4.78, 5) is 14.7. The van der Waals surface area contributed by atoms with Gasteiger partial charge in [0.15, 0.2) is 0 Å². The van der Waals surface area contributed by atoms with Crippen molar-refractivity contribution in [1.82, 2.24) is 102 Å². The van der Waals surface area contributed by atoms with Crippen molar-refractivity contribution in [2.24, 2.45) is 11.8 Å². The van der Waals surface area contributed by atoms with Crippen molar-refractivity contribution in [2.75, 3.05) is 19.8 Å². The maximum Gasteiger partial charge on any atom is 0.0999 e. The Labute approximate surface area is 524 Å². The molecule has 0 spiro atoms. The lowest BCUT2D eigenvalue weighted by molar-refractivity contribution is 0.0782. The van der Waals surface area contributed by atoms with Crippen LogP contribution in [-0.2, 0) is 19.6 Å². The van der Waals surface area contributed by atoms with Crippen LogP contribution < -0.4 is 0 Å². The van der Waals surface area contributed by atoms with E-state index in [1.165, 1.54) is 51.4 Å². The first-order chi connectivity index (χ1) is 44.4. The molecule has 91 heavy (non-hydrogen) atoms. The highest BCUT2D eigenvalue weighted by molar-refractivity contribution is 5.80. The molecule has 6 N–H and O–H groups in total. The Morgan fingerprint density at radius 3 is 1.11 bits per heavy atom. The van der Waals surface area contributed by atoms with Crippen LogP contribution in [0.15, 0.2) is 130 Å². The smallest absolute Gasteiger partial charge is 0.0999 e. The molecule has 0 bridgehead atoms. The highest BCUT2D eigenvalue weighted by Gasteiger charge is 2.30. The van der Waals surface area contributed by atoms with Crippen LogP contribution in [0.1, 0.15) is 110 Å². The Hall–Kier alpha value is -9.12. The molecule has 12 heterocycles. The number of fused-ring (bicyclic) bond motifs is 3. The van der Waals surface area contributed by atoms with E-state index in [2.05, 4.69) is 85.1 Å². The largest absolute Gasteiger partial charge is 0.394 e. The molecule has 0 unspecified atom stereocenters. The second-order valence-corrected chi connectivity index (χ2v) is 23.7. The van der Waals surface area contributed by atoms with Crippen molar-refractivity contribution < 1.29 is 30.6 Å². The molecule has 476 valence electrons. The average molecular weight is 1240 g/mol. The van der Waals surface area contributed by atoms with E-state index in [1.807, 2.05) is 87.7 Å². The maximum atomic E-state index is 9.68. The first kappa shape index (κ1) is 62.1. The summed E-state index contributed by atoms with van der Waals surface area (Å²) in [6, 6.07) is 7.12. The Morgan fingerprint density at radius 1 is 0.407 bits per heavy atom. The fraction of sp³-hybridized carbons (Fsp3) is 0.438. The van der Waals surface area contributed by atoms with Gasteiger partial charge in [0.25, 0.3) is 0 Å². The number of hydrogen-bond donors (Lipinski definition) is 6. The summed E-state index contributed by atoms with van der Waals surface area (Å²) in [5, 5.41) is 96.1. The lowest BCUT2D eigenvalue weighted by atomic mass is 10.0. The molecule has 2 aliphatic rings. The van der Waals surface area contributed by atoms with Gasteiger partial charge in [-0.3, -0.25) is 28.1 Å². The Balaban J connectivity index is 0.000000132. The zero-order valence-corrected chi connectivity index (χ0v) is 51.6. The lowest BCUT2D eigenvalue weighted by Gasteiger charge is -2.18. The monoisotopic (exact) mass is 1240 g/mol. The van der Waals surface area contributed by atoms with Crippen molar-refractivity contribution in [2.45, 2.75) is 148 Å². The summed E-state index contributed by atoms with van der Waals surface area (Å²) < 4.78 is 16.5. The van der Waals surface area contributed by atoms with Crippen molar-refractivity contribution in [3.8, 4) is 67.5 Å². The van der Waals surface area contributed by atoms with Crippen LogP contribution in [0, 0.1) is 11.8 Å². The predicted octanol–water partition coefficient (Wildman–Crippen LogP) is 7.29. The Kier molecular flexibility index (Phi) is 19.1. The van der Waals surface area contributed by atoms with Gasteiger partial charge in [-0.1, -0.05) is 53.4 Å². The summed E-state index contributed by atoms with van der Waals surface area (Å²) in [5.74, 6) is 1.37. The van der Waals surface area contributed by atoms with Crippen LogP contribution in [0.5, 0.6) is 0 Å². The predicted molar refractivity (Wildman–Crippen MR) is 339 cm³/mol. The second kappa shape index (κ2) is 28.0. The molecular formula is C64H79N21O6. The molecule has 27 nitrogen and oxygen atoms in total. The van der Waals surface area contributed by atoms with Crippen LogP contribution in [0.3, 0.4) is 0 Å². The minimum absolute atomic E-state index is 0.218. The van der Waals surface area contributed by atoms with Crippen molar-refractivity contribution >= 4 is 16.6 Å². The quantitative estimate of drug-likeness (QED) is 0.0388. The van der Waals surface area contributed by atoms with E-state index in [0.717, 1.165) is 96.9 Å². The van der Waals surface area contributed by atoms with Gasteiger partial charge in [0.2, 0.25) is 0 Å². The van der Waals surface area contributed by atoms with E-state index < -0.39 is 18.3 Å². The third kappa shape index (κ3) is 13.5. The van der Waals surface area contributed by atoms with E-state index in [0.29, 0.717) is 30.0 Å². The maximum absolute atomic E-state index is 9.68. The van der Waals surface area contributed by atoms with Crippen LogP contribution in [0.4, 0.5) is 0 Å². The zero-order chi connectivity index (χ0) is 63.1. The molecule has 7 atom stereocenters. The summed E-state index contributed by atoms with van der Waals surface area (Å²) >= 11 is 0. The van der Waals surface area contributed by atoms with E-state index in [4.69, 9.17) is 40.5 Å². The van der Waals surface area contributed by atoms with E-state index >= 15 is 0 Å². The lowest BCUT2D eigenvalue weighted by Crippen LogP contribution is -2.19. The fourth-order valence-corrected chi connectivity index (χ4v) is 12.7. The fourth-order valence-electron chi connectivity index (χ4n) is 12.7. The van der Waals surface area contributed by atoms with Gasteiger partial charge in [-0.05, 0) is 68.6 Å². The van der Waals surface area contributed by atoms with E-state index in [9.17, 15) is 15.3 Å². The number of aliphatic hydroxyl groups excluding tert-OH is 6. The number of aromatic nitrogens is 21. The van der Waals surface area contributed by atoms with Crippen LogP contribution >= 0.6 is 0 Å². The van der Waals surface area contributed by atoms with Gasteiger partial charge in [-0.15, -0.1) is 0 Å². The first-order valence-corrected chi connectivity index (χ1v) is 31.6. The van der Waals surface area contributed by atoms with Gasteiger partial charge >= 0.3 is 0 Å². The molecule has 12 aromatic rings. The van der Waals surface area contributed by atoms with Gasteiger partial charge in [-0.2, -0.15) is 45.9 Å². The summed E-state index contributed by atoms with van der Waals surface area (Å²) in [6.07, 6.45) is 42.6. The van der Waals surface area contributed by atoms with Crippen molar-refractivity contribution in [3.63, 3.8) is 0 Å². The van der Waals surface area contributed by atoms with Crippen LogP contribution in [0.25, 0.3) is 84.1 Å². The molecule has 12 aromatic heterocycles. The third-order valence-corrected chi connectivity index (χ3v) is 17.7. The Morgan fingerprint density at radius 2 is 0.758 bits per heavy atom. The van der Waals surface area contributed by atoms with Crippen LogP contribution in [0.2, 0.25) is 0 Å². The molecule has 2 fully saturated rings. The highest BCUT2D eigenvalue weighted by Crippen LogP contribution is 2.40. The van der Waals surface area contributed by atoms with Gasteiger partial charge < -0.3 is 30.6 Å². The summed E-state index contributed by atoms with van der Waals surface area (Å²) in [5.41, 5.74) is 12.7. The molecule has 2 saturated carbocycles. The average Bonchev–Trinajstić information content (AvgIpc) is 1.95. The van der Waals surface area contributed by atoms with E-state index in [1.54, 1.807) is 61.9 Å². The highest BCUT2D eigenvalue weighted by atomic mass is 16.3. The molecule has 0 radical (unpaired) electrons. The number of rotatable bonds is 22. The second-order valence-electron chi connectivity index (χ2n) is 23.7. The molecular weight excluding hydrogens is 1160 g/mol. The standard InChI is InChI=1S/2C22H27N7O2.C20H25N7O2/c2*1-2-15-4-3-5-20(15)28-11-17(9-25-28)22-21-6-7-23-29(21)13-19(26-22)16-8-24-27(10-16)12-18(31)14-30;1-3-16(4-2)26-10-15(8-23-26)20-19-5-6-21-27(19)12-18(24-20)14-7-22-25(9-14)11-17(29)13-28/h2*6-11,13,15,18,20,30-31H,2-5,12,14H2,1H3;5-10,12,16-17,28-29H,3-4,11,13H2,1-2H3/t15-,18+,20+;15-,18-,20+;17-/m011/s1. The van der Waals surface area contributed by atoms with Gasteiger partial charge in [0, 0.05) is 70.6 Å².